The molecule has 1 nitrogen and oxygen atoms in total. The summed E-state index contributed by atoms with van der Waals surface area (Å²) in [6.45, 7) is 0.905. The Balaban J connectivity index is 2.46. The Hall–Kier alpha value is -1.15. The monoisotopic (exact) mass is 189 g/mol. The lowest BCUT2D eigenvalue weighted by atomic mass is 10.1. The van der Waals surface area contributed by atoms with E-state index in [9.17, 15) is 0 Å². The molecule has 13 heavy (non-hydrogen) atoms. The molecule has 0 saturated heterocycles. The van der Waals surface area contributed by atoms with Crippen molar-refractivity contribution in [2.75, 3.05) is 7.05 Å². The molecule has 2 heteroatoms. The van der Waals surface area contributed by atoms with Crippen molar-refractivity contribution in [3.63, 3.8) is 0 Å². The van der Waals surface area contributed by atoms with Crippen molar-refractivity contribution >= 4 is 23.3 Å². The molecule has 0 bridgehead atoms. The van der Waals surface area contributed by atoms with Gasteiger partial charge in [0.1, 0.15) is 4.99 Å². The van der Waals surface area contributed by atoms with E-state index in [0.717, 1.165) is 11.5 Å². The van der Waals surface area contributed by atoms with Crippen molar-refractivity contribution in [2.45, 2.75) is 6.54 Å². The molecule has 0 spiro atoms. The maximum absolute atomic E-state index is 5.20. The SMILES string of the molecule is CN1Cc2ccccc2C=CC1=S. The van der Waals surface area contributed by atoms with Crippen LogP contribution in [-0.4, -0.2) is 16.9 Å². The van der Waals surface area contributed by atoms with Gasteiger partial charge in [-0.2, -0.15) is 0 Å². The Morgan fingerprint density at radius 3 is 2.85 bits per heavy atom. The zero-order valence-corrected chi connectivity index (χ0v) is 8.34. The number of benzene rings is 1. The average Bonchev–Trinajstić information content (AvgIpc) is 2.28. The van der Waals surface area contributed by atoms with Crippen LogP contribution in [0.25, 0.3) is 6.08 Å². The summed E-state index contributed by atoms with van der Waals surface area (Å²) in [4.78, 5) is 2.98. The van der Waals surface area contributed by atoms with Crippen LogP contribution in [0.5, 0.6) is 0 Å². The molecular formula is C11H11NS. The number of hydrogen-bond acceptors (Lipinski definition) is 1. The molecule has 66 valence electrons. The van der Waals surface area contributed by atoms with Crippen LogP contribution in [0.2, 0.25) is 0 Å². The number of fused-ring (bicyclic) bond motifs is 1. The first-order valence-corrected chi connectivity index (χ1v) is 4.69. The standard InChI is InChI=1S/C11H11NS/c1-12-8-10-5-3-2-4-9(10)6-7-11(12)13/h2-7H,8H2,1H3. The maximum Gasteiger partial charge on any atom is 0.101 e. The normalized spacial score (nSPS) is 15.5. The Morgan fingerprint density at radius 2 is 2.00 bits per heavy atom. The lowest BCUT2D eigenvalue weighted by Crippen LogP contribution is -2.21. The number of nitrogens with zero attached hydrogens (tertiary/aromatic N) is 1. The quantitative estimate of drug-likeness (QED) is 0.577. The molecule has 1 aliphatic rings. The van der Waals surface area contributed by atoms with Gasteiger partial charge in [0.05, 0.1) is 0 Å². The summed E-state index contributed by atoms with van der Waals surface area (Å²) in [7, 11) is 2.02. The van der Waals surface area contributed by atoms with Crippen LogP contribution in [0.15, 0.2) is 30.3 Å². The van der Waals surface area contributed by atoms with Gasteiger partial charge in [-0.3, -0.25) is 0 Å². The Bertz CT molecular complexity index is 368. The van der Waals surface area contributed by atoms with Gasteiger partial charge in [0.2, 0.25) is 0 Å². The summed E-state index contributed by atoms with van der Waals surface area (Å²) in [5.41, 5.74) is 2.61. The lowest BCUT2D eigenvalue weighted by Gasteiger charge is -2.16. The first-order valence-electron chi connectivity index (χ1n) is 4.28. The Kier molecular flexibility index (Phi) is 2.15. The minimum absolute atomic E-state index is 0.899. The smallest absolute Gasteiger partial charge is 0.101 e. The first-order chi connectivity index (χ1) is 6.27. The van der Waals surface area contributed by atoms with Gasteiger partial charge in [0, 0.05) is 13.6 Å². The van der Waals surface area contributed by atoms with Crippen molar-refractivity contribution in [1.29, 1.82) is 0 Å². The van der Waals surface area contributed by atoms with Gasteiger partial charge in [0.25, 0.3) is 0 Å². The summed E-state index contributed by atoms with van der Waals surface area (Å²) in [5.74, 6) is 0. The highest BCUT2D eigenvalue weighted by Gasteiger charge is 2.08. The van der Waals surface area contributed by atoms with Crippen LogP contribution in [0, 0.1) is 0 Å². The van der Waals surface area contributed by atoms with Crippen LogP contribution in [0.1, 0.15) is 11.1 Å². The van der Waals surface area contributed by atoms with Gasteiger partial charge in [0.15, 0.2) is 0 Å². The van der Waals surface area contributed by atoms with E-state index in [0.29, 0.717) is 0 Å². The highest BCUT2D eigenvalue weighted by atomic mass is 32.1. The lowest BCUT2D eigenvalue weighted by molar-refractivity contribution is 0.513. The molecule has 0 saturated carbocycles. The van der Waals surface area contributed by atoms with Gasteiger partial charge in [-0.15, -0.1) is 0 Å². The minimum Gasteiger partial charge on any atom is -0.362 e. The van der Waals surface area contributed by atoms with Crippen molar-refractivity contribution in [3.8, 4) is 0 Å². The molecule has 1 aromatic rings. The summed E-state index contributed by atoms with van der Waals surface area (Å²) in [5, 5.41) is 0. The molecule has 0 N–H and O–H groups in total. The molecule has 1 aromatic carbocycles. The molecule has 0 aromatic heterocycles. The highest BCUT2D eigenvalue weighted by Crippen LogP contribution is 2.16. The molecule has 2 rings (SSSR count). The molecule has 1 aliphatic heterocycles. The Labute approximate surface area is 83.7 Å². The van der Waals surface area contributed by atoms with Crippen molar-refractivity contribution in [2.24, 2.45) is 0 Å². The van der Waals surface area contributed by atoms with Crippen LogP contribution in [-0.2, 0) is 6.54 Å². The third-order valence-electron chi connectivity index (χ3n) is 2.24. The van der Waals surface area contributed by atoms with E-state index in [1.54, 1.807) is 0 Å². The van der Waals surface area contributed by atoms with Crippen LogP contribution in [0.4, 0.5) is 0 Å². The maximum atomic E-state index is 5.20. The average molecular weight is 189 g/mol. The van der Waals surface area contributed by atoms with E-state index >= 15 is 0 Å². The van der Waals surface area contributed by atoms with E-state index in [2.05, 4.69) is 35.2 Å². The predicted octanol–water partition coefficient (Wildman–Crippen LogP) is 2.47. The fourth-order valence-corrected chi connectivity index (χ4v) is 1.60. The summed E-state index contributed by atoms with van der Waals surface area (Å²) < 4.78 is 0. The van der Waals surface area contributed by atoms with Crippen LogP contribution in [0.3, 0.4) is 0 Å². The second kappa shape index (κ2) is 3.30. The van der Waals surface area contributed by atoms with Crippen molar-refractivity contribution in [1.82, 2.24) is 4.90 Å². The first kappa shape index (κ1) is 8.45. The van der Waals surface area contributed by atoms with Crippen LogP contribution < -0.4 is 0 Å². The Morgan fingerprint density at radius 1 is 1.23 bits per heavy atom. The van der Waals surface area contributed by atoms with Gasteiger partial charge in [-0.25, -0.2) is 0 Å². The third kappa shape index (κ3) is 1.63. The summed E-state index contributed by atoms with van der Waals surface area (Å²) in [6.07, 6.45) is 4.07. The molecule has 0 fully saturated rings. The molecule has 0 aliphatic carbocycles. The van der Waals surface area contributed by atoms with Gasteiger partial charge in [-0.05, 0) is 17.2 Å². The molecule has 0 atom stereocenters. The third-order valence-corrected chi connectivity index (χ3v) is 2.69. The second-order valence-electron chi connectivity index (χ2n) is 3.23. The van der Waals surface area contributed by atoms with E-state index in [1.165, 1.54) is 11.1 Å². The topological polar surface area (TPSA) is 3.24 Å². The zero-order valence-electron chi connectivity index (χ0n) is 7.53. The molecule has 1 heterocycles. The molecule has 0 unspecified atom stereocenters. The van der Waals surface area contributed by atoms with Gasteiger partial charge in [-0.1, -0.05) is 42.6 Å². The largest absolute Gasteiger partial charge is 0.362 e. The number of rotatable bonds is 0. The van der Waals surface area contributed by atoms with Crippen molar-refractivity contribution < 1.29 is 0 Å². The number of likely N-dealkylation sites (N-methyl/N-ethyl adjacent to an activating group) is 1. The van der Waals surface area contributed by atoms with Gasteiger partial charge < -0.3 is 4.90 Å². The summed E-state index contributed by atoms with van der Waals surface area (Å²) in [6, 6.07) is 8.38. The number of hydrogen-bond donors (Lipinski definition) is 0. The van der Waals surface area contributed by atoms with Crippen molar-refractivity contribution in [3.05, 3.63) is 41.5 Å². The van der Waals surface area contributed by atoms with E-state index < -0.39 is 0 Å². The van der Waals surface area contributed by atoms with E-state index in [4.69, 9.17) is 12.2 Å². The van der Waals surface area contributed by atoms with E-state index in [-0.39, 0.29) is 0 Å². The molecular weight excluding hydrogens is 178 g/mol. The predicted molar refractivity (Wildman–Crippen MR) is 59.5 cm³/mol. The van der Waals surface area contributed by atoms with Crippen LogP contribution >= 0.6 is 12.2 Å². The fraction of sp³-hybridized carbons (Fsp3) is 0.182. The highest BCUT2D eigenvalue weighted by molar-refractivity contribution is 7.80. The molecule has 0 radical (unpaired) electrons. The minimum atomic E-state index is 0.899. The summed E-state index contributed by atoms with van der Waals surface area (Å²) >= 11 is 5.20. The fourth-order valence-electron chi connectivity index (χ4n) is 1.46. The number of thiocarbonyl (C=S) groups is 1. The zero-order chi connectivity index (χ0) is 9.26. The van der Waals surface area contributed by atoms with E-state index in [1.807, 2.05) is 13.1 Å². The molecule has 0 amide bonds. The second-order valence-corrected chi connectivity index (χ2v) is 3.64. The van der Waals surface area contributed by atoms with Gasteiger partial charge >= 0.3 is 0 Å².